The highest BCUT2D eigenvalue weighted by atomic mass is 32.1. The number of amides is 1. The normalized spacial score (nSPS) is 18.4. The van der Waals surface area contributed by atoms with Crippen molar-refractivity contribution in [1.82, 2.24) is 20.0 Å². The molecule has 3 heterocycles. The lowest BCUT2D eigenvalue weighted by Crippen LogP contribution is -2.37. The lowest BCUT2D eigenvalue weighted by Gasteiger charge is -2.33. The van der Waals surface area contributed by atoms with Gasteiger partial charge < -0.3 is 10.2 Å². The van der Waals surface area contributed by atoms with Gasteiger partial charge in [-0.1, -0.05) is 30.3 Å². The van der Waals surface area contributed by atoms with Crippen molar-refractivity contribution in [3.05, 3.63) is 75.3 Å². The second-order valence-electron chi connectivity index (χ2n) is 10.0. The minimum absolute atomic E-state index is 0.00947. The number of aromatic nitrogens is 2. The number of aryl methyl sites for hydroxylation is 1. The molecule has 1 atom stereocenters. The van der Waals surface area contributed by atoms with Crippen LogP contribution < -0.4 is 5.32 Å². The van der Waals surface area contributed by atoms with Gasteiger partial charge in [0.1, 0.15) is 10.9 Å². The van der Waals surface area contributed by atoms with Crippen LogP contribution in [-0.2, 0) is 24.1 Å². The maximum atomic E-state index is 14.0. The first-order valence-electron chi connectivity index (χ1n) is 12.6. The molecule has 3 aromatic rings. The highest BCUT2D eigenvalue weighted by Crippen LogP contribution is 2.44. The molecule has 0 spiro atoms. The standard InChI is InChI=1S/C28H28F3N5OS/c1-3-36-16-23(26(34-36)28(29,30)31)20-8-5-4-7-19(20)22-15-35(17-24-21(22)13-18(14-32)38-24)25(37)9-6-12-33-27(2)10-11-27/h4-9,13,16,22,33H,3,10-12,15,17H2,1-2H3/b9-6+/t22-/m0/s1. The van der Waals surface area contributed by atoms with Crippen LogP contribution in [0.3, 0.4) is 0 Å². The Labute approximate surface area is 223 Å². The number of alkyl halides is 3. The maximum Gasteiger partial charge on any atom is 0.435 e. The van der Waals surface area contributed by atoms with Crippen LogP contribution in [0.15, 0.2) is 48.7 Å². The molecule has 1 amide bonds. The summed E-state index contributed by atoms with van der Waals surface area (Å²) in [4.78, 5) is 16.3. The summed E-state index contributed by atoms with van der Waals surface area (Å²) < 4.78 is 43.2. The molecule has 2 aliphatic rings. The van der Waals surface area contributed by atoms with E-state index in [0.717, 1.165) is 23.3 Å². The molecule has 5 rings (SSSR count). The SMILES string of the molecule is CCn1cc(-c2ccccc2[C@@H]2CN(C(=O)/C=C/CNC3(C)CC3)Cc3sc(C#N)cc32)c(C(F)(F)F)n1. The van der Waals surface area contributed by atoms with Gasteiger partial charge >= 0.3 is 6.18 Å². The number of nitrogens with one attached hydrogen (secondary N) is 1. The third-order valence-corrected chi connectivity index (χ3v) is 8.30. The maximum absolute atomic E-state index is 14.0. The monoisotopic (exact) mass is 539 g/mol. The first-order valence-corrected chi connectivity index (χ1v) is 13.4. The molecule has 0 unspecified atom stereocenters. The molecule has 38 heavy (non-hydrogen) atoms. The summed E-state index contributed by atoms with van der Waals surface area (Å²) in [5.74, 6) is -0.553. The lowest BCUT2D eigenvalue weighted by atomic mass is 9.83. The summed E-state index contributed by atoms with van der Waals surface area (Å²) >= 11 is 1.32. The Morgan fingerprint density at radius 1 is 1.29 bits per heavy atom. The summed E-state index contributed by atoms with van der Waals surface area (Å²) in [6, 6.07) is 11.0. The molecule has 1 fully saturated rings. The Hall–Kier alpha value is -3.42. The zero-order chi connectivity index (χ0) is 27.1. The summed E-state index contributed by atoms with van der Waals surface area (Å²) in [5.41, 5.74) is 1.21. The van der Waals surface area contributed by atoms with Gasteiger partial charge in [0.25, 0.3) is 0 Å². The molecule has 1 saturated carbocycles. The van der Waals surface area contributed by atoms with Crippen LogP contribution in [0.2, 0.25) is 0 Å². The molecule has 6 nitrogen and oxygen atoms in total. The van der Waals surface area contributed by atoms with E-state index >= 15 is 0 Å². The van der Waals surface area contributed by atoms with Gasteiger partial charge in [-0.3, -0.25) is 9.48 Å². The Balaban J connectivity index is 1.51. The van der Waals surface area contributed by atoms with Crippen molar-refractivity contribution in [3.8, 4) is 17.2 Å². The van der Waals surface area contributed by atoms with Gasteiger partial charge in [-0.25, -0.2) is 0 Å². The average Bonchev–Trinajstić information content (AvgIpc) is 3.30. The molecule has 1 aromatic carbocycles. The zero-order valence-corrected chi connectivity index (χ0v) is 22.0. The van der Waals surface area contributed by atoms with Crippen molar-refractivity contribution in [3.63, 3.8) is 0 Å². The van der Waals surface area contributed by atoms with Crippen molar-refractivity contribution >= 4 is 17.2 Å². The van der Waals surface area contributed by atoms with E-state index in [1.54, 1.807) is 48.2 Å². The van der Waals surface area contributed by atoms with E-state index in [1.165, 1.54) is 22.2 Å². The second-order valence-corrected chi connectivity index (χ2v) is 11.2. The molecule has 0 radical (unpaired) electrons. The number of carbonyl (C=O) groups is 1. The molecular formula is C28H28F3N5OS. The summed E-state index contributed by atoms with van der Waals surface area (Å²) in [5, 5.41) is 16.8. The van der Waals surface area contributed by atoms with Crippen molar-refractivity contribution in [2.45, 2.75) is 57.4 Å². The van der Waals surface area contributed by atoms with Gasteiger partial charge in [-0.05, 0) is 49.4 Å². The number of thiophene rings is 1. The number of nitrogens with zero attached hydrogens (tertiary/aromatic N) is 4. The van der Waals surface area contributed by atoms with Crippen LogP contribution in [0.25, 0.3) is 11.1 Å². The first-order chi connectivity index (χ1) is 18.1. The summed E-state index contributed by atoms with van der Waals surface area (Å²) in [7, 11) is 0. The Morgan fingerprint density at radius 2 is 2.05 bits per heavy atom. The van der Waals surface area contributed by atoms with E-state index in [-0.39, 0.29) is 22.9 Å². The van der Waals surface area contributed by atoms with Crippen molar-refractivity contribution in [1.29, 1.82) is 5.26 Å². The molecule has 10 heteroatoms. The fourth-order valence-electron chi connectivity index (χ4n) is 4.88. The van der Waals surface area contributed by atoms with Crippen LogP contribution in [0.1, 0.15) is 59.2 Å². The van der Waals surface area contributed by atoms with Crippen LogP contribution in [0, 0.1) is 11.3 Å². The number of hydrogen-bond donors (Lipinski definition) is 1. The predicted octanol–water partition coefficient (Wildman–Crippen LogP) is 5.69. The third-order valence-electron chi connectivity index (χ3n) is 7.26. The van der Waals surface area contributed by atoms with Crippen LogP contribution in [0.5, 0.6) is 0 Å². The van der Waals surface area contributed by atoms with E-state index in [0.29, 0.717) is 42.2 Å². The molecule has 2 aromatic heterocycles. The highest BCUT2D eigenvalue weighted by molar-refractivity contribution is 7.12. The van der Waals surface area contributed by atoms with Gasteiger partial charge in [-0.2, -0.15) is 23.5 Å². The Kier molecular flexibility index (Phi) is 6.92. The van der Waals surface area contributed by atoms with Crippen molar-refractivity contribution in [2.75, 3.05) is 13.1 Å². The van der Waals surface area contributed by atoms with Gasteiger partial charge in [0.15, 0.2) is 5.69 Å². The number of fused-ring (bicyclic) bond motifs is 1. The van der Waals surface area contributed by atoms with Crippen LogP contribution >= 0.6 is 11.3 Å². The van der Waals surface area contributed by atoms with E-state index in [9.17, 15) is 23.2 Å². The van der Waals surface area contributed by atoms with E-state index in [1.807, 2.05) is 6.08 Å². The molecular weight excluding hydrogens is 511 g/mol. The largest absolute Gasteiger partial charge is 0.435 e. The number of hydrogen-bond acceptors (Lipinski definition) is 5. The van der Waals surface area contributed by atoms with Gasteiger partial charge in [0.2, 0.25) is 5.91 Å². The highest BCUT2D eigenvalue weighted by Gasteiger charge is 2.39. The smallest absolute Gasteiger partial charge is 0.333 e. The summed E-state index contributed by atoms with van der Waals surface area (Å²) in [6.45, 7) is 5.43. The fourth-order valence-corrected chi connectivity index (χ4v) is 5.91. The molecule has 0 bridgehead atoms. The van der Waals surface area contributed by atoms with Gasteiger partial charge in [0, 0.05) is 53.8 Å². The van der Waals surface area contributed by atoms with E-state index in [4.69, 9.17) is 0 Å². The fraction of sp³-hybridized carbons (Fsp3) is 0.393. The van der Waals surface area contributed by atoms with E-state index in [2.05, 4.69) is 23.4 Å². The molecule has 198 valence electrons. The predicted molar refractivity (Wildman–Crippen MR) is 139 cm³/mol. The van der Waals surface area contributed by atoms with Crippen LogP contribution in [0.4, 0.5) is 13.2 Å². The number of benzene rings is 1. The quantitative estimate of drug-likeness (QED) is 0.391. The Bertz CT molecular complexity index is 1430. The number of rotatable bonds is 7. The Morgan fingerprint density at radius 3 is 2.74 bits per heavy atom. The van der Waals surface area contributed by atoms with Crippen molar-refractivity contribution < 1.29 is 18.0 Å². The molecule has 1 N–H and O–H groups in total. The second kappa shape index (κ2) is 10.0. The van der Waals surface area contributed by atoms with Gasteiger partial charge in [0.05, 0.1) is 6.54 Å². The molecule has 0 saturated heterocycles. The number of carbonyl (C=O) groups excluding carboxylic acids is 1. The number of halogens is 3. The zero-order valence-electron chi connectivity index (χ0n) is 21.2. The topological polar surface area (TPSA) is 74.0 Å². The first kappa shape index (κ1) is 26.2. The minimum atomic E-state index is -4.62. The lowest BCUT2D eigenvalue weighted by molar-refractivity contribution is -0.141. The average molecular weight is 540 g/mol. The van der Waals surface area contributed by atoms with Crippen LogP contribution in [-0.4, -0.2) is 39.2 Å². The molecule has 1 aliphatic heterocycles. The summed E-state index contributed by atoms with van der Waals surface area (Å²) in [6.07, 6.45) is 2.43. The van der Waals surface area contributed by atoms with Gasteiger partial charge in [-0.15, -0.1) is 11.3 Å². The van der Waals surface area contributed by atoms with Crippen molar-refractivity contribution in [2.24, 2.45) is 0 Å². The molecule has 1 aliphatic carbocycles. The number of nitriles is 1. The minimum Gasteiger partial charge on any atom is -0.333 e. The van der Waals surface area contributed by atoms with E-state index < -0.39 is 11.9 Å². The third kappa shape index (κ3) is 5.26.